The predicted octanol–water partition coefficient (Wildman–Crippen LogP) is 19.8. The molecular weight excluding hydrogens is 911 g/mol. The Labute approximate surface area is 437 Å². The Hall–Kier alpha value is -8.40. The Morgan fingerprint density at radius 2 is 0.760 bits per heavy atom. The number of hydrogen-bond donors (Lipinski definition) is 0. The van der Waals surface area contributed by atoms with Crippen LogP contribution in [0.5, 0.6) is 0 Å². The van der Waals surface area contributed by atoms with E-state index in [4.69, 9.17) is 8.83 Å². The minimum Gasteiger partial charge on any atom is -0.456 e. The first-order valence-corrected chi connectivity index (χ1v) is 26.7. The Kier molecular flexibility index (Phi) is 8.18. The number of fused-ring (bicyclic) bond motifs is 20. The molecule has 0 spiro atoms. The topological polar surface area (TPSA) is 29.5 Å². The first-order chi connectivity index (χ1) is 36.2. The van der Waals surface area contributed by atoms with E-state index in [0.717, 1.165) is 55.9 Å². The SMILES string of the molecule is CC1(C)c2ccccc2-c2ccc(N(c3ccc4c(c3)C(C)(C)c3cc5c(cc3-4)C(C)(C)c3ccc4oc6ccccc6c4c3-5)c3ccc4c(c3)C(C)(C)c3cc(-c5ccccc5)c5oc6ccccc6c5c3-4)cc21. The van der Waals surface area contributed by atoms with E-state index in [0.29, 0.717) is 0 Å². The summed E-state index contributed by atoms with van der Waals surface area (Å²) < 4.78 is 13.3. The maximum Gasteiger partial charge on any atom is 0.143 e. The summed E-state index contributed by atoms with van der Waals surface area (Å²) in [6.07, 6.45) is 0. The van der Waals surface area contributed by atoms with Gasteiger partial charge in [0.05, 0.1) is 0 Å². The summed E-state index contributed by atoms with van der Waals surface area (Å²) >= 11 is 0. The van der Waals surface area contributed by atoms with E-state index in [2.05, 4.69) is 248 Å². The lowest BCUT2D eigenvalue weighted by Crippen LogP contribution is -2.19. The van der Waals surface area contributed by atoms with Crippen LogP contribution in [0.4, 0.5) is 17.1 Å². The quantitative estimate of drug-likeness (QED) is 0.176. The Morgan fingerprint density at radius 1 is 0.293 bits per heavy atom. The Morgan fingerprint density at radius 3 is 1.47 bits per heavy atom. The molecule has 0 fully saturated rings. The molecule has 0 bridgehead atoms. The van der Waals surface area contributed by atoms with Crippen LogP contribution < -0.4 is 4.90 Å². The van der Waals surface area contributed by atoms with Crippen LogP contribution in [0.2, 0.25) is 0 Å². The molecule has 0 N–H and O–H groups in total. The third kappa shape index (κ3) is 5.45. The van der Waals surface area contributed by atoms with Gasteiger partial charge in [-0.05, 0) is 167 Å². The fourth-order valence-corrected chi connectivity index (χ4v) is 14.7. The van der Waals surface area contributed by atoms with Crippen molar-refractivity contribution < 1.29 is 8.83 Å². The van der Waals surface area contributed by atoms with E-state index in [1.54, 1.807) is 0 Å². The Bertz CT molecular complexity index is 4530. The number of benzene rings is 10. The smallest absolute Gasteiger partial charge is 0.143 e. The lowest BCUT2D eigenvalue weighted by atomic mass is 9.79. The molecule has 75 heavy (non-hydrogen) atoms. The molecule has 0 aliphatic heterocycles. The summed E-state index contributed by atoms with van der Waals surface area (Å²) in [7, 11) is 0. The highest BCUT2D eigenvalue weighted by Gasteiger charge is 2.44. The maximum atomic E-state index is 6.84. The van der Waals surface area contributed by atoms with Gasteiger partial charge in [0, 0.05) is 65.8 Å². The molecule has 0 saturated carbocycles. The van der Waals surface area contributed by atoms with Crippen molar-refractivity contribution in [1.82, 2.24) is 0 Å². The molecule has 4 aliphatic carbocycles. The third-order valence-electron chi connectivity index (χ3n) is 18.7. The molecule has 3 heteroatoms. The molecule has 360 valence electrons. The van der Waals surface area contributed by atoms with Gasteiger partial charge in [0.2, 0.25) is 0 Å². The van der Waals surface area contributed by atoms with Gasteiger partial charge in [0.15, 0.2) is 0 Å². The molecule has 0 saturated heterocycles. The van der Waals surface area contributed by atoms with Crippen LogP contribution in [0, 0.1) is 0 Å². The highest BCUT2D eigenvalue weighted by atomic mass is 16.3. The van der Waals surface area contributed by atoms with E-state index in [1.165, 1.54) is 105 Å². The lowest BCUT2D eigenvalue weighted by Gasteiger charge is -2.31. The molecule has 0 unspecified atom stereocenters. The zero-order valence-electron chi connectivity index (χ0n) is 43.7. The largest absolute Gasteiger partial charge is 0.456 e. The summed E-state index contributed by atoms with van der Waals surface area (Å²) in [5.74, 6) is 0. The van der Waals surface area contributed by atoms with E-state index in [-0.39, 0.29) is 21.7 Å². The fourth-order valence-electron chi connectivity index (χ4n) is 14.7. The van der Waals surface area contributed by atoms with Crippen LogP contribution in [0.25, 0.3) is 99.5 Å². The zero-order valence-corrected chi connectivity index (χ0v) is 43.7. The number of anilines is 3. The molecule has 0 radical (unpaired) electrons. The van der Waals surface area contributed by atoms with Gasteiger partial charge in [-0.15, -0.1) is 0 Å². The van der Waals surface area contributed by atoms with E-state index < -0.39 is 0 Å². The molecule has 2 aromatic heterocycles. The first-order valence-electron chi connectivity index (χ1n) is 26.7. The van der Waals surface area contributed by atoms with E-state index in [9.17, 15) is 0 Å². The maximum absolute atomic E-state index is 6.84. The second-order valence-electron chi connectivity index (χ2n) is 24.0. The highest BCUT2D eigenvalue weighted by molar-refractivity contribution is 6.19. The molecule has 12 aromatic rings. The summed E-state index contributed by atoms with van der Waals surface area (Å²) in [6.45, 7) is 19.3. The van der Waals surface area contributed by atoms with Gasteiger partial charge in [-0.2, -0.15) is 0 Å². The molecule has 0 amide bonds. The second-order valence-corrected chi connectivity index (χ2v) is 24.0. The number of hydrogen-bond acceptors (Lipinski definition) is 3. The first kappa shape index (κ1) is 43.0. The van der Waals surface area contributed by atoms with Crippen LogP contribution in [0.1, 0.15) is 99.9 Å². The van der Waals surface area contributed by atoms with Crippen molar-refractivity contribution in [3.63, 3.8) is 0 Å². The minimum atomic E-state index is -0.313. The number of furan rings is 2. The van der Waals surface area contributed by atoms with Gasteiger partial charge in [-0.25, -0.2) is 0 Å². The second kappa shape index (κ2) is 14.3. The van der Waals surface area contributed by atoms with Gasteiger partial charge < -0.3 is 13.7 Å². The molecule has 16 rings (SSSR count). The van der Waals surface area contributed by atoms with Gasteiger partial charge in [-0.3, -0.25) is 0 Å². The average Bonchev–Trinajstić information content (AvgIpc) is 4.34. The van der Waals surface area contributed by atoms with Crippen molar-refractivity contribution in [2.75, 3.05) is 4.90 Å². The highest BCUT2D eigenvalue weighted by Crippen LogP contribution is 2.61. The van der Waals surface area contributed by atoms with Crippen LogP contribution in [-0.4, -0.2) is 0 Å². The summed E-state index contributed by atoms with van der Waals surface area (Å²) in [5, 5.41) is 4.75. The molecule has 2 heterocycles. The molecule has 0 atom stereocenters. The van der Waals surface area contributed by atoms with Crippen LogP contribution in [-0.2, 0) is 21.7 Å². The predicted molar refractivity (Wildman–Crippen MR) is 311 cm³/mol. The normalized spacial score (nSPS) is 16.2. The van der Waals surface area contributed by atoms with Crippen molar-refractivity contribution >= 4 is 60.9 Å². The van der Waals surface area contributed by atoms with E-state index >= 15 is 0 Å². The number of nitrogens with zero attached hydrogens (tertiary/aromatic N) is 1. The summed E-state index contributed by atoms with van der Waals surface area (Å²) in [4.78, 5) is 2.54. The zero-order chi connectivity index (χ0) is 50.7. The Balaban J connectivity index is 0.889. The third-order valence-corrected chi connectivity index (χ3v) is 18.7. The van der Waals surface area contributed by atoms with Gasteiger partial charge in [-0.1, -0.05) is 171 Å². The van der Waals surface area contributed by atoms with Crippen molar-refractivity contribution in [1.29, 1.82) is 0 Å². The fraction of sp³-hybridized carbons (Fsp3) is 0.167. The molecule has 3 nitrogen and oxygen atoms in total. The lowest BCUT2D eigenvalue weighted by molar-refractivity contribution is 0.650. The van der Waals surface area contributed by atoms with E-state index in [1.807, 2.05) is 0 Å². The van der Waals surface area contributed by atoms with Gasteiger partial charge in [0.1, 0.15) is 22.3 Å². The van der Waals surface area contributed by atoms with Crippen LogP contribution >= 0.6 is 0 Å². The van der Waals surface area contributed by atoms with Crippen molar-refractivity contribution in [3.8, 4) is 55.6 Å². The van der Waals surface area contributed by atoms with Gasteiger partial charge in [0.25, 0.3) is 0 Å². The van der Waals surface area contributed by atoms with Crippen molar-refractivity contribution in [2.45, 2.75) is 77.0 Å². The molecule has 4 aliphatic rings. The minimum absolute atomic E-state index is 0.160. The monoisotopic (exact) mass is 965 g/mol. The van der Waals surface area contributed by atoms with Gasteiger partial charge >= 0.3 is 0 Å². The average molecular weight is 966 g/mol. The van der Waals surface area contributed by atoms with Crippen molar-refractivity contribution in [3.05, 3.63) is 233 Å². The van der Waals surface area contributed by atoms with Crippen LogP contribution in [0.15, 0.2) is 197 Å². The molecule has 10 aromatic carbocycles. The van der Waals surface area contributed by atoms with Crippen LogP contribution in [0.3, 0.4) is 0 Å². The number of para-hydroxylation sites is 2. The standard InChI is InChI=1S/C72H55NO2/c1-69(2)53-23-15-12-20-44(53)45-29-26-41(34-55(45)69)73(43-28-31-47-57(36-43)72(7,8)60-37-50(40-18-10-9-11-19-40)68-67(64(47)60)49-22-14-17-25-62(49)75-68)42-27-30-46-51-38-59-52(39-58(51)71(5,6)56(46)35-42)65-54(70(59,3)4)32-33-63-66(65)48-21-13-16-24-61(48)74-63/h9-39H,1-8H3. The summed E-state index contributed by atoms with van der Waals surface area (Å²) in [5.41, 5.74) is 29.9. The summed E-state index contributed by atoms with van der Waals surface area (Å²) in [6, 6.07) is 70.6. The number of rotatable bonds is 4. The van der Waals surface area contributed by atoms with Crippen molar-refractivity contribution in [2.24, 2.45) is 0 Å². The molecular formula is C72H55NO2.